The van der Waals surface area contributed by atoms with Gasteiger partial charge in [0.2, 0.25) is 5.91 Å². The van der Waals surface area contributed by atoms with Gasteiger partial charge in [0.05, 0.1) is 23.7 Å². The third kappa shape index (κ3) is 5.23. The van der Waals surface area contributed by atoms with Gasteiger partial charge in [-0.25, -0.2) is 14.1 Å². The molecule has 1 aliphatic heterocycles. The summed E-state index contributed by atoms with van der Waals surface area (Å²) in [6, 6.07) is 18.1. The zero-order chi connectivity index (χ0) is 26.6. The third-order valence-corrected chi connectivity index (χ3v) is 6.47. The number of aromatic nitrogens is 1. The van der Waals surface area contributed by atoms with Crippen molar-refractivity contribution in [3.05, 3.63) is 102 Å². The molecule has 38 heavy (non-hydrogen) atoms. The van der Waals surface area contributed by atoms with Crippen molar-refractivity contribution in [3.8, 4) is 0 Å². The zero-order valence-electron chi connectivity index (χ0n) is 20.3. The predicted octanol–water partition coefficient (Wildman–Crippen LogP) is 3.81. The Morgan fingerprint density at radius 2 is 1.68 bits per heavy atom. The Hall–Kier alpha value is -4.63. The molecule has 2 heterocycles. The number of para-hydroxylation sites is 1. The molecule has 8 nitrogen and oxygen atoms in total. The number of anilines is 1. The van der Waals surface area contributed by atoms with E-state index in [-0.39, 0.29) is 29.4 Å². The number of carbonyl (C=O) groups is 4. The molecule has 1 unspecified atom stereocenters. The van der Waals surface area contributed by atoms with Crippen LogP contribution >= 0.6 is 0 Å². The Balaban J connectivity index is 1.15. The van der Waals surface area contributed by atoms with E-state index in [2.05, 4.69) is 10.3 Å². The number of imide groups is 1. The molecule has 192 valence electrons. The first kappa shape index (κ1) is 25.0. The predicted molar refractivity (Wildman–Crippen MR) is 138 cm³/mol. The van der Waals surface area contributed by atoms with Gasteiger partial charge in [-0.05, 0) is 66.6 Å². The molecule has 9 heteroatoms. The number of esters is 1. The third-order valence-electron chi connectivity index (χ3n) is 6.47. The maximum Gasteiger partial charge on any atom is 0.338 e. The lowest BCUT2D eigenvalue weighted by Crippen LogP contribution is -2.39. The fourth-order valence-electron chi connectivity index (χ4n) is 4.46. The second-order valence-electron chi connectivity index (χ2n) is 8.94. The second-order valence-corrected chi connectivity index (χ2v) is 8.94. The Morgan fingerprint density at radius 3 is 2.45 bits per heavy atom. The molecule has 4 aromatic rings. The van der Waals surface area contributed by atoms with Crippen LogP contribution in [0.3, 0.4) is 0 Å². The van der Waals surface area contributed by atoms with E-state index in [9.17, 15) is 23.6 Å². The summed E-state index contributed by atoms with van der Waals surface area (Å²) >= 11 is 0. The number of carbonyl (C=O) groups excluding carboxylic acids is 4. The van der Waals surface area contributed by atoms with Crippen LogP contribution < -0.4 is 10.2 Å². The molecule has 1 aliphatic rings. The molecule has 5 rings (SSSR count). The average Bonchev–Trinajstić information content (AvgIpc) is 3.47. The summed E-state index contributed by atoms with van der Waals surface area (Å²) in [5, 5.41) is 4.31. The van der Waals surface area contributed by atoms with Crippen molar-refractivity contribution >= 4 is 40.2 Å². The molecule has 1 saturated heterocycles. The van der Waals surface area contributed by atoms with Gasteiger partial charge in [0.25, 0.3) is 5.91 Å². The Labute approximate surface area is 217 Å². The summed E-state index contributed by atoms with van der Waals surface area (Å²) in [6.07, 6.45) is 2.69. The Bertz CT molecular complexity index is 1510. The van der Waals surface area contributed by atoms with Crippen LogP contribution in [-0.2, 0) is 20.7 Å². The van der Waals surface area contributed by atoms with E-state index in [1.807, 2.05) is 30.5 Å². The van der Waals surface area contributed by atoms with Crippen LogP contribution in [0.5, 0.6) is 0 Å². The normalized spacial score (nSPS) is 15.3. The zero-order valence-corrected chi connectivity index (χ0v) is 20.3. The molecule has 3 aromatic carbocycles. The number of benzene rings is 3. The van der Waals surface area contributed by atoms with E-state index in [0.29, 0.717) is 18.7 Å². The van der Waals surface area contributed by atoms with Gasteiger partial charge < -0.3 is 15.0 Å². The highest BCUT2D eigenvalue weighted by molar-refractivity contribution is 6.22. The van der Waals surface area contributed by atoms with E-state index in [0.717, 1.165) is 33.5 Å². The number of halogens is 1. The molecule has 0 radical (unpaired) electrons. The van der Waals surface area contributed by atoms with Crippen LogP contribution in [0.15, 0.2) is 79.0 Å². The number of Topliss-reactive ketones (excluding diaryl/α,β-unsaturated/α-hetero) is 1. The molecule has 1 fully saturated rings. The van der Waals surface area contributed by atoms with Crippen LogP contribution in [0.2, 0.25) is 0 Å². The molecule has 0 saturated carbocycles. The molecule has 1 atom stereocenters. The lowest BCUT2D eigenvalue weighted by molar-refractivity contribution is -0.121. The first-order valence-corrected chi connectivity index (χ1v) is 12.1. The second kappa shape index (κ2) is 10.8. The van der Waals surface area contributed by atoms with Crippen molar-refractivity contribution in [3.63, 3.8) is 0 Å². The van der Waals surface area contributed by atoms with E-state index >= 15 is 0 Å². The molecular formula is C29H24FN3O5. The van der Waals surface area contributed by atoms with Gasteiger partial charge in [0.1, 0.15) is 5.82 Å². The van der Waals surface area contributed by atoms with E-state index < -0.39 is 30.2 Å². The summed E-state index contributed by atoms with van der Waals surface area (Å²) in [5.74, 6) is -2.36. The van der Waals surface area contributed by atoms with Crippen molar-refractivity contribution in [1.82, 2.24) is 10.3 Å². The van der Waals surface area contributed by atoms with Crippen LogP contribution in [0, 0.1) is 5.82 Å². The number of H-pyrrole nitrogens is 1. The van der Waals surface area contributed by atoms with Crippen molar-refractivity contribution in [2.24, 2.45) is 0 Å². The van der Waals surface area contributed by atoms with Gasteiger partial charge in [-0.15, -0.1) is 0 Å². The van der Waals surface area contributed by atoms with Crippen LogP contribution in [0.4, 0.5) is 10.1 Å². The number of hydrogen-bond acceptors (Lipinski definition) is 6. The van der Waals surface area contributed by atoms with E-state index in [1.165, 1.54) is 36.4 Å². The SMILES string of the molecule is O=C(COC(=O)c1ccc(N2C(=O)CC(NCCc3c[nH]c4ccccc34)C2=O)cc1)c1ccc(F)cc1. The van der Waals surface area contributed by atoms with E-state index in [1.54, 1.807) is 0 Å². The number of ether oxygens (including phenoxy) is 1. The first-order valence-electron chi connectivity index (χ1n) is 12.1. The van der Waals surface area contributed by atoms with Gasteiger partial charge in [-0.2, -0.15) is 0 Å². The fourth-order valence-corrected chi connectivity index (χ4v) is 4.46. The number of fused-ring (bicyclic) bond motifs is 1. The van der Waals surface area contributed by atoms with Gasteiger partial charge >= 0.3 is 5.97 Å². The Kier molecular flexibility index (Phi) is 7.10. The molecule has 0 spiro atoms. The monoisotopic (exact) mass is 513 g/mol. The Morgan fingerprint density at radius 1 is 0.974 bits per heavy atom. The number of nitrogens with zero attached hydrogens (tertiary/aromatic N) is 1. The van der Waals surface area contributed by atoms with Gasteiger partial charge in [0, 0.05) is 29.2 Å². The fraction of sp³-hybridized carbons (Fsp3) is 0.172. The highest BCUT2D eigenvalue weighted by Gasteiger charge is 2.39. The summed E-state index contributed by atoms with van der Waals surface area (Å²) in [7, 11) is 0. The molecule has 0 aliphatic carbocycles. The number of nitrogens with one attached hydrogen (secondary N) is 2. The lowest BCUT2D eigenvalue weighted by Gasteiger charge is -2.16. The lowest BCUT2D eigenvalue weighted by atomic mass is 10.1. The van der Waals surface area contributed by atoms with Gasteiger partial charge in [0.15, 0.2) is 12.4 Å². The summed E-state index contributed by atoms with van der Waals surface area (Å²) in [6.45, 7) is 0.0298. The molecule has 2 amide bonds. The van der Waals surface area contributed by atoms with E-state index in [4.69, 9.17) is 4.74 Å². The maximum absolute atomic E-state index is 13.0. The first-order chi connectivity index (χ1) is 18.4. The van der Waals surface area contributed by atoms with Crippen molar-refractivity contribution in [1.29, 1.82) is 0 Å². The quantitative estimate of drug-likeness (QED) is 0.200. The standard InChI is InChI=1S/C29H24FN3O5/c30-21-9-5-18(6-10-21)26(34)17-38-29(37)19-7-11-22(12-8-19)33-27(35)15-25(28(33)36)31-14-13-20-16-32-24-4-2-1-3-23(20)24/h1-12,16,25,31-32H,13-15,17H2. The molecular weight excluding hydrogens is 489 g/mol. The van der Waals surface area contributed by atoms with Crippen molar-refractivity contribution in [2.45, 2.75) is 18.9 Å². The minimum Gasteiger partial charge on any atom is -0.454 e. The number of rotatable bonds is 9. The number of aromatic amines is 1. The summed E-state index contributed by atoms with van der Waals surface area (Å²) in [4.78, 5) is 54.4. The van der Waals surface area contributed by atoms with Gasteiger partial charge in [-0.3, -0.25) is 14.4 Å². The van der Waals surface area contributed by atoms with Crippen LogP contribution in [-0.4, -0.2) is 47.7 Å². The molecule has 0 bridgehead atoms. The highest BCUT2D eigenvalue weighted by Crippen LogP contribution is 2.24. The van der Waals surface area contributed by atoms with Crippen molar-refractivity contribution in [2.75, 3.05) is 18.1 Å². The van der Waals surface area contributed by atoms with Gasteiger partial charge in [-0.1, -0.05) is 18.2 Å². The maximum atomic E-state index is 13.0. The van der Waals surface area contributed by atoms with Crippen LogP contribution in [0.25, 0.3) is 10.9 Å². The highest BCUT2D eigenvalue weighted by atomic mass is 19.1. The number of ketones is 1. The average molecular weight is 514 g/mol. The number of amides is 2. The summed E-state index contributed by atoms with van der Waals surface area (Å²) in [5.41, 5.74) is 2.91. The smallest absolute Gasteiger partial charge is 0.338 e. The number of hydrogen-bond donors (Lipinski definition) is 2. The summed E-state index contributed by atoms with van der Waals surface area (Å²) < 4.78 is 18.1. The largest absolute Gasteiger partial charge is 0.454 e. The van der Waals surface area contributed by atoms with Crippen molar-refractivity contribution < 1.29 is 28.3 Å². The topological polar surface area (TPSA) is 109 Å². The minimum absolute atomic E-state index is 0.0437. The molecule has 2 N–H and O–H groups in total. The minimum atomic E-state index is -0.733. The molecule has 1 aromatic heterocycles. The van der Waals surface area contributed by atoms with Crippen LogP contribution in [0.1, 0.15) is 32.7 Å².